The average Bonchev–Trinajstić information content (AvgIpc) is 3.02. The predicted octanol–water partition coefficient (Wildman–Crippen LogP) is 0.726. The molecule has 3 aliphatic heterocycles. The van der Waals surface area contributed by atoms with Crippen molar-refractivity contribution in [1.82, 2.24) is 9.80 Å². The fraction of sp³-hybridized carbons (Fsp3) is 0.588. The lowest BCUT2D eigenvalue weighted by Crippen LogP contribution is -2.64. The Morgan fingerprint density at radius 3 is 2.75 bits per heavy atom. The van der Waals surface area contributed by atoms with Crippen LogP contribution in [0.3, 0.4) is 0 Å². The van der Waals surface area contributed by atoms with Gasteiger partial charge in [0, 0.05) is 38.3 Å². The lowest BCUT2D eigenvalue weighted by Gasteiger charge is -2.47. The molecule has 1 amide bonds. The molecule has 0 aliphatic carbocycles. The minimum atomic E-state index is -0.518. The van der Waals surface area contributed by atoms with Gasteiger partial charge in [-0.2, -0.15) is 0 Å². The highest BCUT2D eigenvalue weighted by Gasteiger charge is 2.37. The highest BCUT2D eigenvalue weighted by atomic mass is 16.7. The molecule has 2 saturated heterocycles. The largest absolute Gasteiger partial charge is 0.481 e. The van der Waals surface area contributed by atoms with Crippen LogP contribution in [0, 0.1) is 0 Å². The van der Waals surface area contributed by atoms with E-state index in [-0.39, 0.29) is 12.7 Å². The van der Waals surface area contributed by atoms with Crippen LogP contribution in [0.2, 0.25) is 0 Å². The summed E-state index contributed by atoms with van der Waals surface area (Å²) in [5.41, 5.74) is 0. The molecule has 2 fully saturated rings. The van der Waals surface area contributed by atoms with Gasteiger partial charge in [-0.1, -0.05) is 0 Å². The van der Waals surface area contributed by atoms with Crippen molar-refractivity contribution in [1.29, 1.82) is 0 Å². The highest BCUT2D eigenvalue weighted by Crippen LogP contribution is 2.35. The molecular formula is C17H22N2O5. The molecule has 3 aliphatic rings. The Labute approximate surface area is 141 Å². The first kappa shape index (κ1) is 15.5. The smallest absolute Gasteiger partial charge is 0.263 e. The summed E-state index contributed by atoms with van der Waals surface area (Å²) >= 11 is 0. The number of morpholine rings is 1. The second-order valence-corrected chi connectivity index (χ2v) is 6.32. The zero-order chi connectivity index (χ0) is 16.5. The molecule has 1 aromatic carbocycles. The van der Waals surface area contributed by atoms with Crippen LogP contribution in [0.4, 0.5) is 0 Å². The van der Waals surface area contributed by atoms with Gasteiger partial charge in [0.2, 0.25) is 6.79 Å². The van der Waals surface area contributed by atoms with Crippen LogP contribution in [0.1, 0.15) is 6.92 Å². The maximum Gasteiger partial charge on any atom is 0.263 e. The minimum Gasteiger partial charge on any atom is -0.481 e. The molecule has 7 heteroatoms. The van der Waals surface area contributed by atoms with Gasteiger partial charge in [0.15, 0.2) is 17.6 Å². The molecule has 0 aromatic heterocycles. The summed E-state index contributed by atoms with van der Waals surface area (Å²) < 4.78 is 21.7. The summed E-state index contributed by atoms with van der Waals surface area (Å²) in [6.45, 7) is 7.04. The summed E-state index contributed by atoms with van der Waals surface area (Å²) in [6.07, 6.45) is -0.518. The molecule has 0 saturated carbocycles. The van der Waals surface area contributed by atoms with E-state index in [1.165, 1.54) is 0 Å². The summed E-state index contributed by atoms with van der Waals surface area (Å²) in [5.74, 6) is 2.00. The lowest BCUT2D eigenvalue weighted by molar-refractivity contribution is -0.146. The standard InChI is InChI=1S/C17H22N2O5/c1-12(24-14-2-3-15-16(8-14)23-11-22-15)17(20)19-9-13(10-19)18-4-6-21-7-5-18/h2-3,8,12-13H,4-7,9-11H2,1H3. The van der Waals surface area contributed by atoms with Crippen molar-refractivity contribution in [3.63, 3.8) is 0 Å². The van der Waals surface area contributed by atoms with E-state index < -0.39 is 6.10 Å². The van der Waals surface area contributed by atoms with Crippen molar-refractivity contribution >= 4 is 5.91 Å². The molecule has 0 radical (unpaired) electrons. The number of ether oxygens (including phenoxy) is 4. The Morgan fingerprint density at radius 1 is 1.21 bits per heavy atom. The predicted molar refractivity (Wildman–Crippen MR) is 85.4 cm³/mol. The molecule has 24 heavy (non-hydrogen) atoms. The topological polar surface area (TPSA) is 60.5 Å². The van der Waals surface area contributed by atoms with Crippen molar-refractivity contribution in [2.75, 3.05) is 46.2 Å². The first-order valence-electron chi connectivity index (χ1n) is 8.37. The summed E-state index contributed by atoms with van der Waals surface area (Å²) in [6, 6.07) is 5.81. The van der Waals surface area contributed by atoms with Crippen LogP contribution in [0.15, 0.2) is 18.2 Å². The van der Waals surface area contributed by atoms with Crippen LogP contribution in [-0.4, -0.2) is 74.0 Å². The van der Waals surface area contributed by atoms with Crippen LogP contribution in [0.5, 0.6) is 17.2 Å². The quantitative estimate of drug-likeness (QED) is 0.809. The molecule has 4 rings (SSSR count). The fourth-order valence-electron chi connectivity index (χ4n) is 3.27. The monoisotopic (exact) mass is 334 g/mol. The first-order valence-corrected chi connectivity index (χ1v) is 8.37. The van der Waals surface area contributed by atoms with Crippen LogP contribution in [-0.2, 0) is 9.53 Å². The number of nitrogens with zero attached hydrogens (tertiary/aromatic N) is 2. The van der Waals surface area contributed by atoms with E-state index in [2.05, 4.69) is 4.90 Å². The Bertz CT molecular complexity index is 611. The van der Waals surface area contributed by atoms with E-state index in [0.29, 0.717) is 23.3 Å². The van der Waals surface area contributed by atoms with Crippen molar-refractivity contribution in [3.05, 3.63) is 18.2 Å². The molecule has 3 heterocycles. The Kier molecular flexibility index (Phi) is 4.20. The molecule has 1 aromatic rings. The van der Waals surface area contributed by atoms with Gasteiger partial charge in [0.25, 0.3) is 5.91 Å². The van der Waals surface area contributed by atoms with Crippen molar-refractivity contribution in [2.24, 2.45) is 0 Å². The Morgan fingerprint density at radius 2 is 1.96 bits per heavy atom. The second kappa shape index (κ2) is 6.49. The van der Waals surface area contributed by atoms with Gasteiger partial charge in [-0.25, -0.2) is 0 Å². The summed E-state index contributed by atoms with van der Waals surface area (Å²) in [5, 5.41) is 0. The van der Waals surface area contributed by atoms with Crippen molar-refractivity contribution < 1.29 is 23.7 Å². The van der Waals surface area contributed by atoms with Crippen LogP contribution < -0.4 is 14.2 Å². The number of fused-ring (bicyclic) bond motifs is 1. The molecule has 0 N–H and O–H groups in total. The van der Waals surface area contributed by atoms with E-state index in [0.717, 1.165) is 39.4 Å². The number of likely N-dealkylation sites (tertiary alicyclic amines) is 1. The lowest BCUT2D eigenvalue weighted by atomic mass is 10.1. The van der Waals surface area contributed by atoms with E-state index in [1.807, 2.05) is 4.90 Å². The Balaban J connectivity index is 1.29. The van der Waals surface area contributed by atoms with E-state index in [4.69, 9.17) is 18.9 Å². The number of hydrogen-bond donors (Lipinski definition) is 0. The van der Waals surface area contributed by atoms with Crippen molar-refractivity contribution in [3.8, 4) is 17.2 Å². The molecular weight excluding hydrogens is 312 g/mol. The molecule has 130 valence electrons. The van der Waals surface area contributed by atoms with Crippen LogP contribution in [0.25, 0.3) is 0 Å². The van der Waals surface area contributed by atoms with E-state index in [9.17, 15) is 4.79 Å². The van der Waals surface area contributed by atoms with Gasteiger partial charge in [0.1, 0.15) is 5.75 Å². The third-order valence-corrected chi connectivity index (χ3v) is 4.74. The zero-order valence-electron chi connectivity index (χ0n) is 13.8. The van der Waals surface area contributed by atoms with Gasteiger partial charge < -0.3 is 23.8 Å². The van der Waals surface area contributed by atoms with Crippen LogP contribution >= 0.6 is 0 Å². The fourth-order valence-corrected chi connectivity index (χ4v) is 3.27. The van der Waals surface area contributed by atoms with Gasteiger partial charge in [-0.05, 0) is 19.1 Å². The molecule has 0 spiro atoms. The third kappa shape index (κ3) is 3.01. The summed E-state index contributed by atoms with van der Waals surface area (Å²) in [7, 11) is 0. The number of amides is 1. The summed E-state index contributed by atoms with van der Waals surface area (Å²) in [4.78, 5) is 16.8. The average molecular weight is 334 g/mol. The van der Waals surface area contributed by atoms with E-state index in [1.54, 1.807) is 25.1 Å². The number of carbonyl (C=O) groups excluding carboxylic acids is 1. The Hall–Kier alpha value is -1.99. The zero-order valence-corrected chi connectivity index (χ0v) is 13.8. The maximum absolute atomic E-state index is 12.5. The first-order chi connectivity index (χ1) is 11.7. The van der Waals surface area contributed by atoms with E-state index >= 15 is 0 Å². The minimum absolute atomic E-state index is 0.0252. The molecule has 1 unspecified atom stereocenters. The normalized spacial score (nSPS) is 22.1. The second-order valence-electron chi connectivity index (χ2n) is 6.32. The van der Waals surface area contributed by atoms with Crippen molar-refractivity contribution in [2.45, 2.75) is 19.1 Å². The van der Waals surface area contributed by atoms with Gasteiger partial charge in [-0.15, -0.1) is 0 Å². The number of carbonyl (C=O) groups is 1. The third-order valence-electron chi connectivity index (χ3n) is 4.74. The molecule has 0 bridgehead atoms. The van der Waals surface area contributed by atoms with Gasteiger partial charge >= 0.3 is 0 Å². The molecule has 1 atom stereocenters. The number of rotatable bonds is 4. The maximum atomic E-state index is 12.5. The van der Waals surface area contributed by atoms with Gasteiger partial charge in [-0.3, -0.25) is 9.69 Å². The van der Waals surface area contributed by atoms with Gasteiger partial charge in [0.05, 0.1) is 13.2 Å². The molecule has 7 nitrogen and oxygen atoms in total. The highest BCUT2D eigenvalue weighted by molar-refractivity contribution is 5.81. The number of benzene rings is 1. The number of hydrogen-bond acceptors (Lipinski definition) is 6. The SMILES string of the molecule is CC(Oc1ccc2c(c1)OCO2)C(=O)N1CC(N2CCOCC2)C1.